The Hall–Kier alpha value is -1.00. The minimum atomic E-state index is -2.41. The molecule has 1 N–H and O–H groups in total. The van der Waals surface area contributed by atoms with Gasteiger partial charge in [0, 0.05) is 0 Å². The summed E-state index contributed by atoms with van der Waals surface area (Å²) in [6, 6.07) is 6.17. The molecule has 0 aliphatic heterocycles. The highest BCUT2D eigenvalue weighted by Gasteiger charge is 2.14. The van der Waals surface area contributed by atoms with Crippen LogP contribution in [0.5, 0.6) is 0 Å². The average Bonchev–Trinajstić information content (AvgIpc) is 2.36. The molecule has 0 saturated heterocycles. The van der Waals surface area contributed by atoms with Crippen molar-refractivity contribution in [2.24, 2.45) is 0 Å². The van der Waals surface area contributed by atoms with Crippen molar-refractivity contribution < 1.29 is 13.5 Å². The lowest BCUT2D eigenvalue weighted by molar-refractivity contribution is 0.00916. The second kappa shape index (κ2) is 8.23. The van der Waals surface area contributed by atoms with E-state index >= 15 is 0 Å². The van der Waals surface area contributed by atoms with Gasteiger partial charge >= 0.3 is 0 Å². The maximum absolute atomic E-state index is 12.1. The lowest BCUT2D eigenvalue weighted by Crippen LogP contribution is -2.28. The molecule has 4 heteroatoms. The highest BCUT2D eigenvalue weighted by Crippen LogP contribution is 2.20. The Kier molecular flexibility index (Phi) is 6.95. The van der Waals surface area contributed by atoms with Gasteiger partial charge in [0.1, 0.15) is 6.61 Å². The van der Waals surface area contributed by atoms with Crippen molar-refractivity contribution in [1.29, 1.82) is 0 Å². The van der Waals surface area contributed by atoms with Crippen molar-refractivity contribution in [2.45, 2.75) is 39.7 Å². The summed E-state index contributed by atoms with van der Waals surface area (Å²) in [5.41, 5.74) is 3.44. The highest BCUT2D eigenvalue weighted by atomic mass is 19.3. The summed E-state index contributed by atoms with van der Waals surface area (Å²) >= 11 is 0. The molecule has 0 heterocycles. The van der Waals surface area contributed by atoms with E-state index in [0.717, 1.165) is 29.7 Å². The molecule has 0 aromatic heterocycles. The van der Waals surface area contributed by atoms with Gasteiger partial charge < -0.3 is 10.1 Å². The van der Waals surface area contributed by atoms with Crippen molar-refractivity contribution in [1.82, 2.24) is 5.32 Å². The first kappa shape index (κ1) is 16.1. The Morgan fingerprint density at radius 3 is 2.58 bits per heavy atom. The van der Waals surface area contributed by atoms with Crippen LogP contribution in [0.1, 0.15) is 36.1 Å². The van der Waals surface area contributed by atoms with Crippen LogP contribution in [-0.2, 0) is 4.74 Å². The van der Waals surface area contributed by atoms with Crippen molar-refractivity contribution in [3.05, 3.63) is 34.9 Å². The second-order valence-corrected chi connectivity index (χ2v) is 4.80. The molecule has 0 aliphatic carbocycles. The smallest absolute Gasteiger partial charge is 0.261 e. The van der Waals surface area contributed by atoms with E-state index in [-0.39, 0.29) is 12.6 Å². The Balaban J connectivity index is 2.73. The van der Waals surface area contributed by atoms with E-state index in [2.05, 4.69) is 30.4 Å². The third-order valence-corrected chi connectivity index (χ3v) is 2.98. The molecule has 108 valence electrons. The van der Waals surface area contributed by atoms with Crippen LogP contribution in [0.2, 0.25) is 0 Å². The highest BCUT2D eigenvalue weighted by molar-refractivity contribution is 5.33. The van der Waals surface area contributed by atoms with Gasteiger partial charge in [0.2, 0.25) is 0 Å². The first-order valence-electron chi connectivity index (χ1n) is 6.71. The molecule has 1 aromatic rings. The summed E-state index contributed by atoms with van der Waals surface area (Å²) in [6.07, 6.45) is -1.42. The maximum Gasteiger partial charge on any atom is 0.261 e. The molecule has 0 saturated carbocycles. The first-order chi connectivity index (χ1) is 9.04. The molecule has 1 atom stereocenters. The molecule has 0 spiro atoms. The molecular formula is C15H23F2NO. The standard InChI is InChI=1S/C15H23F2NO/c1-4-7-18-14(9-19-10-15(16)17)13-8-11(2)5-6-12(13)3/h5-6,8,14-15,18H,4,7,9-10H2,1-3H3. The lowest BCUT2D eigenvalue weighted by atomic mass is 9.99. The van der Waals surface area contributed by atoms with E-state index in [1.165, 1.54) is 0 Å². The monoisotopic (exact) mass is 271 g/mol. The summed E-state index contributed by atoms with van der Waals surface area (Å²) in [5, 5.41) is 3.36. The second-order valence-electron chi connectivity index (χ2n) is 4.80. The normalized spacial score (nSPS) is 12.9. The molecule has 0 bridgehead atoms. The lowest BCUT2D eigenvalue weighted by Gasteiger charge is -2.21. The fourth-order valence-corrected chi connectivity index (χ4v) is 1.99. The SMILES string of the molecule is CCCNC(COCC(F)F)c1cc(C)ccc1C. The number of rotatable bonds is 8. The van der Waals surface area contributed by atoms with Gasteiger partial charge in [-0.2, -0.15) is 0 Å². The van der Waals surface area contributed by atoms with E-state index < -0.39 is 13.0 Å². The van der Waals surface area contributed by atoms with Gasteiger partial charge in [0.25, 0.3) is 6.43 Å². The van der Waals surface area contributed by atoms with Crippen molar-refractivity contribution >= 4 is 0 Å². The van der Waals surface area contributed by atoms with E-state index in [4.69, 9.17) is 4.74 Å². The van der Waals surface area contributed by atoms with Crippen LogP contribution in [0.15, 0.2) is 18.2 Å². The summed E-state index contributed by atoms with van der Waals surface area (Å²) in [7, 11) is 0. The number of ether oxygens (including phenoxy) is 1. The molecule has 19 heavy (non-hydrogen) atoms. The van der Waals surface area contributed by atoms with E-state index in [1.807, 2.05) is 13.8 Å². The Morgan fingerprint density at radius 1 is 1.21 bits per heavy atom. The van der Waals surface area contributed by atoms with Crippen LogP contribution in [-0.4, -0.2) is 26.2 Å². The third-order valence-electron chi connectivity index (χ3n) is 2.98. The average molecular weight is 271 g/mol. The summed E-state index contributed by atoms with van der Waals surface area (Å²) in [5.74, 6) is 0. The van der Waals surface area contributed by atoms with Crippen LogP contribution >= 0.6 is 0 Å². The van der Waals surface area contributed by atoms with Crippen LogP contribution < -0.4 is 5.32 Å². The number of alkyl halides is 2. The van der Waals surface area contributed by atoms with Crippen molar-refractivity contribution in [3.63, 3.8) is 0 Å². The van der Waals surface area contributed by atoms with E-state index in [0.29, 0.717) is 0 Å². The number of aryl methyl sites for hydroxylation is 2. The van der Waals surface area contributed by atoms with Gasteiger partial charge in [0.05, 0.1) is 12.6 Å². The number of nitrogens with one attached hydrogen (secondary N) is 1. The molecule has 1 unspecified atom stereocenters. The Bertz CT molecular complexity index is 382. The minimum absolute atomic E-state index is 0.0291. The zero-order valence-electron chi connectivity index (χ0n) is 11.9. The fourth-order valence-electron chi connectivity index (χ4n) is 1.99. The molecule has 0 amide bonds. The molecule has 1 aromatic carbocycles. The zero-order valence-corrected chi connectivity index (χ0v) is 11.9. The molecule has 2 nitrogen and oxygen atoms in total. The maximum atomic E-state index is 12.1. The van der Waals surface area contributed by atoms with Gasteiger partial charge in [-0.15, -0.1) is 0 Å². The summed E-state index contributed by atoms with van der Waals surface area (Å²) in [6.45, 7) is 6.75. The first-order valence-corrected chi connectivity index (χ1v) is 6.71. The van der Waals surface area contributed by atoms with Gasteiger partial charge in [-0.3, -0.25) is 0 Å². The van der Waals surface area contributed by atoms with Crippen LogP contribution in [0, 0.1) is 13.8 Å². The Morgan fingerprint density at radius 2 is 1.95 bits per heavy atom. The number of benzene rings is 1. The van der Waals surface area contributed by atoms with E-state index in [9.17, 15) is 8.78 Å². The molecule has 0 radical (unpaired) electrons. The minimum Gasteiger partial charge on any atom is -0.374 e. The van der Waals surface area contributed by atoms with Crippen molar-refractivity contribution in [3.8, 4) is 0 Å². The molecular weight excluding hydrogens is 248 g/mol. The molecule has 1 rings (SSSR count). The van der Waals surface area contributed by atoms with Gasteiger partial charge in [-0.05, 0) is 37.9 Å². The number of halogens is 2. The largest absolute Gasteiger partial charge is 0.374 e. The molecule has 0 aliphatic rings. The number of hydrogen-bond acceptors (Lipinski definition) is 2. The van der Waals surface area contributed by atoms with Crippen LogP contribution in [0.25, 0.3) is 0 Å². The number of hydrogen-bond donors (Lipinski definition) is 1. The topological polar surface area (TPSA) is 21.3 Å². The third kappa shape index (κ3) is 5.66. The van der Waals surface area contributed by atoms with Gasteiger partial charge in [-0.25, -0.2) is 8.78 Å². The zero-order chi connectivity index (χ0) is 14.3. The molecule has 0 fully saturated rings. The predicted molar refractivity (Wildman–Crippen MR) is 73.8 cm³/mol. The van der Waals surface area contributed by atoms with Crippen LogP contribution in [0.4, 0.5) is 8.78 Å². The van der Waals surface area contributed by atoms with Crippen molar-refractivity contribution in [2.75, 3.05) is 19.8 Å². The fraction of sp³-hybridized carbons (Fsp3) is 0.600. The van der Waals surface area contributed by atoms with Gasteiger partial charge in [-0.1, -0.05) is 30.7 Å². The summed E-state index contributed by atoms with van der Waals surface area (Å²) in [4.78, 5) is 0. The van der Waals surface area contributed by atoms with E-state index in [1.54, 1.807) is 0 Å². The van der Waals surface area contributed by atoms with Gasteiger partial charge in [0.15, 0.2) is 0 Å². The predicted octanol–water partition coefficient (Wildman–Crippen LogP) is 3.63. The quantitative estimate of drug-likeness (QED) is 0.779. The van der Waals surface area contributed by atoms with Crippen LogP contribution in [0.3, 0.4) is 0 Å². The summed E-state index contributed by atoms with van der Waals surface area (Å²) < 4.78 is 29.4. The Labute approximate surface area is 114 Å².